The highest BCUT2D eigenvalue weighted by Crippen LogP contribution is 2.30. The van der Waals surface area contributed by atoms with Crippen LogP contribution in [0.5, 0.6) is 0 Å². The Morgan fingerprint density at radius 2 is 2.00 bits per heavy atom. The minimum Gasteiger partial charge on any atom is -0.276 e. The van der Waals surface area contributed by atoms with Gasteiger partial charge in [0.15, 0.2) is 0 Å². The molecule has 10 heavy (non-hydrogen) atoms. The van der Waals surface area contributed by atoms with E-state index in [1.165, 1.54) is 0 Å². The van der Waals surface area contributed by atoms with Gasteiger partial charge in [0.2, 0.25) is 0 Å². The van der Waals surface area contributed by atoms with Crippen LogP contribution >= 0.6 is 21.6 Å². The lowest BCUT2D eigenvalue weighted by atomic mass is 10.8. The molecule has 0 unspecified atom stereocenters. The van der Waals surface area contributed by atoms with E-state index in [2.05, 4.69) is 0 Å². The second-order valence-electron chi connectivity index (χ2n) is 1.28. The van der Waals surface area contributed by atoms with Crippen molar-refractivity contribution in [2.24, 2.45) is 0 Å². The number of rotatable bonds is 2. The van der Waals surface area contributed by atoms with Gasteiger partial charge in [-0.25, -0.2) is 0 Å². The number of alkyl halides is 3. The van der Waals surface area contributed by atoms with E-state index in [9.17, 15) is 18.0 Å². The zero-order valence-corrected chi connectivity index (χ0v) is 6.70. The van der Waals surface area contributed by atoms with Gasteiger partial charge in [-0.2, -0.15) is 13.2 Å². The van der Waals surface area contributed by atoms with Crippen molar-refractivity contribution in [2.75, 3.05) is 5.75 Å². The van der Waals surface area contributed by atoms with Crippen LogP contribution in [0.15, 0.2) is 0 Å². The first-order chi connectivity index (χ1) is 4.48. The lowest BCUT2D eigenvalue weighted by molar-refractivity contribution is -0.160. The first-order valence-corrected chi connectivity index (χ1v) is 4.71. The van der Waals surface area contributed by atoms with Crippen molar-refractivity contribution in [2.45, 2.75) is 13.1 Å². The van der Waals surface area contributed by atoms with Crippen molar-refractivity contribution in [3.8, 4) is 0 Å². The van der Waals surface area contributed by atoms with E-state index in [1.807, 2.05) is 0 Å². The third-order valence-electron chi connectivity index (χ3n) is 0.484. The summed E-state index contributed by atoms with van der Waals surface area (Å²) in [5.74, 6) is 0.493. The summed E-state index contributed by atoms with van der Waals surface area (Å²) >= 11 is 0. The van der Waals surface area contributed by atoms with Crippen LogP contribution in [0.2, 0.25) is 0 Å². The highest BCUT2D eigenvalue weighted by Gasteiger charge is 2.38. The van der Waals surface area contributed by atoms with Crippen molar-refractivity contribution in [3.63, 3.8) is 0 Å². The SMILES string of the molecule is CCSSC(=O)C(F)(F)F. The second-order valence-corrected chi connectivity index (χ2v) is 3.83. The maximum atomic E-state index is 11.4. The second kappa shape index (κ2) is 4.12. The van der Waals surface area contributed by atoms with E-state index in [-0.39, 0.29) is 10.8 Å². The summed E-state index contributed by atoms with van der Waals surface area (Å²) in [7, 11) is 1.13. The molecule has 0 spiro atoms. The molecular weight excluding hydrogens is 185 g/mol. The molecule has 0 saturated carbocycles. The first-order valence-electron chi connectivity index (χ1n) is 2.39. The summed E-state index contributed by atoms with van der Waals surface area (Å²) in [6.07, 6.45) is -4.69. The molecule has 0 heterocycles. The fourth-order valence-electron chi connectivity index (χ4n) is 0.160. The van der Waals surface area contributed by atoms with Crippen molar-refractivity contribution >= 4 is 26.7 Å². The standard InChI is InChI=1S/C4H5F3OS2/c1-2-9-10-3(8)4(5,6)7/h2H2,1H3. The monoisotopic (exact) mass is 190 g/mol. The highest BCUT2D eigenvalue weighted by atomic mass is 33.1. The smallest absolute Gasteiger partial charge is 0.276 e. The Hall–Kier alpha value is 0.160. The number of carbonyl (C=O) groups excluding carboxylic acids is 1. The predicted octanol–water partition coefficient (Wildman–Crippen LogP) is 2.48. The molecule has 60 valence electrons. The molecule has 0 aliphatic carbocycles. The van der Waals surface area contributed by atoms with Crippen LogP contribution in [-0.4, -0.2) is 17.0 Å². The molecule has 0 bridgehead atoms. The zero-order valence-electron chi connectivity index (χ0n) is 5.07. The topological polar surface area (TPSA) is 17.1 Å². The van der Waals surface area contributed by atoms with Crippen LogP contribution in [0.25, 0.3) is 0 Å². The van der Waals surface area contributed by atoms with E-state index in [4.69, 9.17) is 0 Å². The minimum atomic E-state index is -4.69. The maximum Gasteiger partial charge on any atom is 0.461 e. The van der Waals surface area contributed by atoms with E-state index < -0.39 is 11.3 Å². The third-order valence-corrected chi connectivity index (χ3v) is 2.74. The maximum absolute atomic E-state index is 11.4. The lowest BCUT2D eigenvalue weighted by Crippen LogP contribution is -2.17. The predicted molar refractivity (Wildman–Crippen MR) is 36.8 cm³/mol. The van der Waals surface area contributed by atoms with Gasteiger partial charge in [0, 0.05) is 5.75 Å². The van der Waals surface area contributed by atoms with Crippen LogP contribution in [-0.2, 0) is 4.79 Å². The van der Waals surface area contributed by atoms with Gasteiger partial charge in [-0.05, 0) is 10.8 Å². The van der Waals surface area contributed by atoms with E-state index in [0.29, 0.717) is 5.75 Å². The molecule has 1 nitrogen and oxygen atoms in total. The molecule has 0 aliphatic heterocycles. The van der Waals surface area contributed by atoms with Gasteiger partial charge in [0.1, 0.15) is 0 Å². The Morgan fingerprint density at radius 1 is 1.50 bits per heavy atom. The van der Waals surface area contributed by atoms with Gasteiger partial charge in [-0.3, -0.25) is 4.79 Å². The fourth-order valence-corrected chi connectivity index (χ4v) is 1.44. The molecule has 0 aromatic heterocycles. The molecule has 0 aromatic rings. The zero-order chi connectivity index (χ0) is 8.20. The average molecular weight is 190 g/mol. The van der Waals surface area contributed by atoms with Gasteiger partial charge in [-0.1, -0.05) is 17.7 Å². The van der Waals surface area contributed by atoms with E-state index in [0.717, 1.165) is 10.8 Å². The molecule has 0 N–H and O–H groups in total. The molecule has 0 rings (SSSR count). The number of halogens is 3. The molecule has 0 saturated heterocycles. The van der Waals surface area contributed by atoms with Gasteiger partial charge >= 0.3 is 11.3 Å². The van der Waals surface area contributed by atoms with Crippen LogP contribution in [0.1, 0.15) is 6.92 Å². The average Bonchev–Trinajstić information content (AvgIpc) is 1.80. The highest BCUT2D eigenvalue weighted by molar-refractivity contribution is 8.82. The summed E-state index contributed by atoms with van der Waals surface area (Å²) in [6.45, 7) is 1.68. The third kappa shape index (κ3) is 4.05. The minimum absolute atomic E-state index is 0.236. The molecule has 6 heteroatoms. The fraction of sp³-hybridized carbons (Fsp3) is 0.750. The Labute approximate surface area is 64.1 Å². The van der Waals surface area contributed by atoms with Crippen LogP contribution < -0.4 is 0 Å². The molecular formula is C4H5F3OS2. The van der Waals surface area contributed by atoms with Gasteiger partial charge in [0.25, 0.3) is 0 Å². The number of carbonyl (C=O) groups is 1. The number of hydrogen-bond donors (Lipinski definition) is 0. The normalized spacial score (nSPS) is 11.6. The van der Waals surface area contributed by atoms with E-state index in [1.54, 1.807) is 6.92 Å². The Balaban J connectivity index is 3.64. The Kier molecular flexibility index (Phi) is 4.19. The van der Waals surface area contributed by atoms with E-state index >= 15 is 0 Å². The van der Waals surface area contributed by atoms with Crippen molar-refractivity contribution in [3.05, 3.63) is 0 Å². The molecule has 0 radical (unpaired) electrons. The molecule has 0 aromatic carbocycles. The number of hydrogen-bond acceptors (Lipinski definition) is 3. The summed E-state index contributed by atoms with van der Waals surface area (Å²) < 4.78 is 34.2. The summed E-state index contributed by atoms with van der Waals surface area (Å²) in [5.41, 5.74) is 0. The summed E-state index contributed by atoms with van der Waals surface area (Å²) in [4.78, 5) is 10.0. The van der Waals surface area contributed by atoms with Crippen LogP contribution in [0.4, 0.5) is 13.2 Å². The molecule has 0 amide bonds. The first kappa shape index (κ1) is 10.2. The molecule has 0 aliphatic rings. The largest absolute Gasteiger partial charge is 0.461 e. The summed E-state index contributed by atoms with van der Waals surface area (Å²) in [6, 6.07) is 0. The molecule has 0 atom stereocenters. The molecule has 0 fully saturated rings. The van der Waals surface area contributed by atoms with Gasteiger partial charge < -0.3 is 0 Å². The van der Waals surface area contributed by atoms with Crippen LogP contribution in [0.3, 0.4) is 0 Å². The summed E-state index contributed by atoms with van der Waals surface area (Å²) in [5, 5.41) is -1.74. The lowest BCUT2D eigenvalue weighted by Gasteiger charge is -2.01. The Morgan fingerprint density at radius 3 is 2.30 bits per heavy atom. The van der Waals surface area contributed by atoms with Gasteiger partial charge in [0.05, 0.1) is 0 Å². The van der Waals surface area contributed by atoms with Crippen molar-refractivity contribution < 1.29 is 18.0 Å². The van der Waals surface area contributed by atoms with Crippen molar-refractivity contribution in [1.29, 1.82) is 0 Å². The van der Waals surface area contributed by atoms with Crippen molar-refractivity contribution in [1.82, 2.24) is 0 Å². The van der Waals surface area contributed by atoms with Gasteiger partial charge in [-0.15, -0.1) is 0 Å². The quantitative estimate of drug-likeness (QED) is 0.623. The van der Waals surface area contributed by atoms with Crippen LogP contribution in [0, 0.1) is 0 Å². The Bertz CT molecular complexity index is 122.